The van der Waals surface area contributed by atoms with Gasteiger partial charge in [-0.25, -0.2) is 4.39 Å². The van der Waals surface area contributed by atoms with Crippen molar-refractivity contribution in [2.45, 2.75) is 32.5 Å². The van der Waals surface area contributed by atoms with Gasteiger partial charge >= 0.3 is 0 Å². The molecule has 0 heterocycles. The van der Waals surface area contributed by atoms with Crippen LogP contribution in [0.3, 0.4) is 0 Å². The van der Waals surface area contributed by atoms with Crippen molar-refractivity contribution in [1.29, 1.82) is 0 Å². The summed E-state index contributed by atoms with van der Waals surface area (Å²) in [6.07, 6.45) is -0.486. The highest BCUT2D eigenvalue weighted by atomic mass is 79.9. The second-order valence-electron chi connectivity index (χ2n) is 5.19. The molecule has 0 aliphatic heterocycles. The zero-order valence-corrected chi connectivity index (χ0v) is 13.6. The lowest BCUT2D eigenvalue weighted by Gasteiger charge is -2.15. The van der Waals surface area contributed by atoms with Crippen LogP contribution < -0.4 is 4.74 Å². The molecule has 0 aliphatic rings. The normalized spacial score (nSPS) is 12.5. The minimum atomic E-state index is -0.774. The Morgan fingerprint density at radius 3 is 2.67 bits per heavy atom. The first-order valence-corrected chi connectivity index (χ1v) is 7.63. The summed E-state index contributed by atoms with van der Waals surface area (Å²) in [6, 6.07) is 12.0. The van der Waals surface area contributed by atoms with Crippen LogP contribution in [0, 0.1) is 5.82 Å². The van der Waals surface area contributed by atoms with Crippen molar-refractivity contribution in [1.82, 2.24) is 0 Å². The van der Waals surface area contributed by atoms with Gasteiger partial charge in [-0.3, -0.25) is 0 Å². The van der Waals surface area contributed by atoms with Crippen molar-refractivity contribution in [3.63, 3.8) is 0 Å². The summed E-state index contributed by atoms with van der Waals surface area (Å²) in [5, 5.41) is 10.3. The molecule has 1 atom stereocenters. The third-order valence-corrected chi connectivity index (χ3v) is 3.53. The van der Waals surface area contributed by atoms with Crippen molar-refractivity contribution in [2.24, 2.45) is 0 Å². The van der Waals surface area contributed by atoms with Crippen LogP contribution in [0.5, 0.6) is 5.75 Å². The molecule has 0 amide bonds. The highest BCUT2D eigenvalue weighted by molar-refractivity contribution is 9.10. The lowest BCUT2D eigenvalue weighted by Crippen LogP contribution is -2.07. The Kier molecular flexibility index (Phi) is 5.37. The van der Waals surface area contributed by atoms with Gasteiger partial charge in [0.2, 0.25) is 0 Å². The predicted molar refractivity (Wildman–Crippen MR) is 85.0 cm³/mol. The zero-order chi connectivity index (χ0) is 15.4. The Labute approximate surface area is 132 Å². The number of aliphatic hydroxyl groups is 1. The number of benzene rings is 2. The first-order chi connectivity index (χ1) is 9.95. The largest absolute Gasteiger partial charge is 0.491 e. The molecule has 0 aromatic heterocycles. The molecule has 4 heteroatoms. The smallest absolute Gasteiger partial charge is 0.126 e. The Morgan fingerprint density at radius 1 is 1.19 bits per heavy atom. The van der Waals surface area contributed by atoms with Crippen molar-refractivity contribution in [2.75, 3.05) is 0 Å². The van der Waals surface area contributed by atoms with Crippen molar-refractivity contribution in [3.8, 4) is 5.75 Å². The van der Waals surface area contributed by atoms with Crippen LogP contribution in [0.25, 0.3) is 0 Å². The van der Waals surface area contributed by atoms with Gasteiger partial charge in [0.1, 0.15) is 11.6 Å². The molecular weight excluding hydrogens is 335 g/mol. The summed E-state index contributed by atoms with van der Waals surface area (Å²) in [5.41, 5.74) is 1.19. The van der Waals surface area contributed by atoms with Crippen LogP contribution in [-0.2, 0) is 6.42 Å². The summed E-state index contributed by atoms with van der Waals surface area (Å²) in [4.78, 5) is 0. The summed E-state index contributed by atoms with van der Waals surface area (Å²) < 4.78 is 20.1. The Hall–Kier alpha value is -1.39. The van der Waals surface area contributed by atoms with Gasteiger partial charge in [-0.15, -0.1) is 0 Å². The van der Waals surface area contributed by atoms with Gasteiger partial charge in [0.05, 0.1) is 12.2 Å². The molecular formula is C17H18BrFO2. The maximum atomic E-state index is 13.7. The van der Waals surface area contributed by atoms with Gasteiger partial charge in [0.15, 0.2) is 0 Å². The number of rotatable bonds is 5. The second-order valence-corrected chi connectivity index (χ2v) is 6.11. The molecule has 2 aromatic rings. The molecule has 2 aromatic carbocycles. The average molecular weight is 353 g/mol. The van der Waals surface area contributed by atoms with E-state index in [0.717, 1.165) is 4.47 Å². The number of aliphatic hydroxyl groups excluding tert-OH is 1. The second kappa shape index (κ2) is 7.05. The molecule has 1 N–H and O–H groups in total. The van der Waals surface area contributed by atoms with Crippen LogP contribution in [-0.4, -0.2) is 11.2 Å². The van der Waals surface area contributed by atoms with Gasteiger partial charge in [-0.1, -0.05) is 28.1 Å². The first kappa shape index (κ1) is 16.0. The molecule has 0 fully saturated rings. The minimum Gasteiger partial charge on any atom is -0.491 e. The summed E-state index contributed by atoms with van der Waals surface area (Å²) in [7, 11) is 0. The van der Waals surface area contributed by atoms with Crippen LogP contribution in [0.2, 0.25) is 0 Å². The summed E-state index contributed by atoms with van der Waals surface area (Å²) in [6.45, 7) is 3.89. The summed E-state index contributed by atoms with van der Waals surface area (Å²) in [5.74, 6) is 0.392. The third-order valence-electron chi connectivity index (χ3n) is 3.04. The molecule has 0 saturated heterocycles. The maximum Gasteiger partial charge on any atom is 0.126 e. The van der Waals surface area contributed by atoms with Gasteiger partial charge in [0, 0.05) is 10.9 Å². The van der Waals surface area contributed by atoms with Crippen molar-refractivity contribution in [3.05, 3.63) is 63.9 Å². The van der Waals surface area contributed by atoms with Crippen LogP contribution in [0.15, 0.2) is 46.9 Å². The molecule has 21 heavy (non-hydrogen) atoms. The number of ether oxygens (including phenoxy) is 1. The fourth-order valence-corrected chi connectivity index (χ4v) is 2.50. The monoisotopic (exact) mass is 352 g/mol. The first-order valence-electron chi connectivity index (χ1n) is 6.84. The van der Waals surface area contributed by atoms with Crippen LogP contribution in [0.1, 0.15) is 31.1 Å². The fraction of sp³-hybridized carbons (Fsp3) is 0.294. The van der Waals surface area contributed by atoms with E-state index in [-0.39, 0.29) is 18.3 Å². The quantitative estimate of drug-likeness (QED) is 0.848. The Morgan fingerprint density at radius 2 is 1.95 bits per heavy atom. The molecule has 112 valence electrons. The molecule has 2 nitrogen and oxygen atoms in total. The lowest BCUT2D eigenvalue weighted by atomic mass is 10.0. The average Bonchev–Trinajstić information content (AvgIpc) is 2.42. The zero-order valence-electron chi connectivity index (χ0n) is 12.0. The van der Waals surface area contributed by atoms with E-state index in [1.165, 1.54) is 6.07 Å². The lowest BCUT2D eigenvalue weighted by molar-refractivity contribution is 0.175. The molecule has 2 rings (SSSR count). The van der Waals surface area contributed by atoms with E-state index in [4.69, 9.17) is 4.74 Å². The van der Waals surface area contributed by atoms with E-state index in [0.29, 0.717) is 16.9 Å². The molecule has 0 spiro atoms. The number of halogens is 2. The summed E-state index contributed by atoms with van der Waals surface area (Å²) >= 11 is 3.31. The Balaban J connectivity index is 2.16. The fourth-order valence-electron chi connectivity index (χ4n) is 2.09. The standard InChI is InChI=1S/C17H18BrFO2/c1-11(2)21-15-5-3-4-12(9-15)17(20)10-13-8-14(18)6-7-16(13)19/h3-9,11,17,20H,10H2,1-2H3. The van der Waals surface area contributed by atoms with Crippen LogP contribution in [0.4, 0.5) is 4.39 Å². The molecule has 0 bridgehead atoms. The highest BCUT2D eigenvalue weighted by Crippen LogP contribution is 2.25. The van der Waals surface area contributed by atoms with Gasteiger partial charge in [-0.2, -0.15) is 0 Å². The van der Waals surface area contributed by atoms with E-state index >= 15 is 0 Å². The SMILES string of the molecule is CC(C)Oc1cccc(C(O)Cc2cc(Br)ccc2F)c1. The van der Waals surface area contributed by atoms with E-state index < -0.39 is 6.10 Å². The van der Waals surface area contributed by atoms with E-state index in [1.807, 2.05) is 32.0 Å². The number of hydrogen-bond donors (Lipinski definition) is 1. The van der Waals surface area contributed by atoms with Crippen molar-refractivity contribution < 1.29 is 14.2 Å². The molecule has 0 aliphatic carbocycles. The molecule has 0 radical (unpaired) electrons. The van der Waals surface area contributed by atoms with E-state index in [1.54, 1.807) is 18.2 Å². The topological polar surface area (TPSA) is 29.5 Å². The minimum absolute atomic E-state index is 0.0694. The molecule has 1 unspecified atom stereocenters. The third kappa shape index (κ3) is 4.55. The van der Waals surface area contributed by atoms with E-state index in [2.05, 4.69) is 15.9 Å². The molecule has 0 saturated carbocycles. The van der Waals surface area contributed by atoms with Gasteiger partial charge in [-0.05, 0) is 55.3 Å². The van der Waals surface area contributed by atoms with Gasteiger partial charge in [0.25, 0.3) is 0 Å². The van der Waals surface area contributed by atoms with E-state index in [9.17, 15) is 9.50 Å². The highest BCUT2D eigenvalue weighted by Gasteiger charge is 2.13. The van der Waals surface area contributed by atoms with Crippen molar-refractivity contribution >= 4 is 15.9 Å². The number of hydrogen-bond acceptors (Lipinski definition) is 2. The Bertz CT molecular complexity index is 613. The van der Waals surface area contributed by atoms with Crippen LogP contribution >= 0.6 is 15.9 Å². The maximum absolute atomic E-state index is 13.7. The van der Waals surface area contributed by atoms with Gasteiger partial charge < -0.3 is 9.84 Å². The predicted octanol–water partition coefficient (Wildman–Crippen LogP) is 4.65.